The van der Waals surface area contributed by atoms with Crippen LogP contribution in [0.1, 0.15) is 42.8 Å². The van der Waals surface area contributed by atoms with Gasteiger partial charge in [-0.1, -0.05) is 42.5 Å². The molecule has 1 aromatic heterocycles. The molecule has 0 aliphatic carbocycles. The number of likely N-dealkylation sites (tertiary alicyclic amines) is 1. The summed E-state index contributed by atoms with van der Waals surface area (Å²) in [6.45, 7) is 2.10. The number of para-hydroxylation sites is 1. The summed E-state index contributed by atoms with van der Waals surface area (Å²) in [6.07, 6.45) is 2.85. The van der Waals surface area contributed by atoms with E-state index in [1.807, 2.05) is 54.6 Å². The van der Waals surface area contributed by atoms with Crippen LogP contribution in [0.15, 0.2) is 54.6 Å². The van der Waals surface area contributed by atoms with E-state index < -0.39 is 11.6 Å². The highest BCUT2D eigenvalue weighted by atomic mass is 32.1. The summed E-state index contributed by atoms with van der Waals surface area (Å²) in [4.78, 5) is 46.6. The van der Waals surface area contributed by atoms with Crippen molar-refractivity contribution in [1.82, 2.24) is 20.1 Å². The summed E-state index contributed by atoms with van der Waals surface area (Å²) in [7, 11) is 0. The lowest BCUT2D eigenvalue weighted by Gasteiger charge is -2.25. The number of imide groups is 1. The summed E-state index contributed by atoms with van der Waals surface area (Å²) in [5, 5.41) is 3.72. The van der Waals surface area contributed by atoms with Gasteiger partial charge in [0.15, 0.2) is 0 Å². The summed E-state index contributed by atoms with van der Waals surface area (Å²) in [6, 6.07) is 17.2. The fourth-order valence-electron chi connectivity index (χ4n) is 4.68. The molecular weight excluding hydrogens is 436 g/mol. The molecule has 7 nitrogen and oxygen atoms in total. The van der Waals surface area contributed by atoms with Crippen LogP contribution in [0.2, 0.25) is 0 Å². The summed E-state index contributed by atoms with van der Waals surface area (Å²) < 4.78 is 1.09. The van der Waals surface area contributed by atoms with Gasteiger partial charge in [-0.2, -0.15) is 0 Å². The van der Waals surface area contributed by atoms with E-state index in [1.54, 1.807) is 23.2 Å². The van der Waals surface area contributed by atoms with Crippen molar-refractivity contribution in [3.63, 3.8) is 0 Å². The Morgan fingerprint density at radius 1 is 1.15 bits per heavy atom. The molecule has 3 aromatic rings. The number of thiazole rings is 1. The maximum Gasteiger partial charge on any atom is 0.325 e. The molecule has 0 saturated carbocycles. The van der Waals surface area contributed by atoms with Crippen molar-refractivity contribution >= 4 is 39.4 Å². The van der Waals surface area contributed by atoms with Crippen molar-refractivity contribution in [1.29, 1.82) is 0 Å². The molecule has 170 valence electrons. The Morgan fingerprint density at radius 3 is 2.70 bits per heavy atom. The molecule has 2 aromatic carbocycles. The number of carbonyl (C=O) groups excluding carboxylic acids is 3. The number of urea groups is 1. The Bertz CT molecular complexity index is 1180. The molecular formula is C25H26N4O3S. The lowest BCUT2D eigenvalue weighted by Crippen LogP contribution is -2.46. The first kappa shape index (κ1) is 21.6. The maximum absolute atomic E-state index is 13.2. The molecule has 2 aliphatic rings. The molecule has 0 bridgehead atoms. The number of fused-ring (bicyclic) bond motifs is 1. The van der Waals surface area contributed by atoms with Gasteiger partial charge in [0.1, 0.15) is 17.1 Å². The third-order valence-electron chi connectivity index (χ3n) is 6.56. The standard InChI is InChI=1S/C25H26N4O3S/c1-25(14-13-17-8-3-2-4-9-17)23(31)29(24(32)27-25)16-21(30)28-15-7-11-19(28)22-26-18-10-5-6-12-20(18)33-22/h2-6,8-10,12,19H,7,11,13-16H2,1H3,(H,27,32)/t19-,25-/m0/s1. The van der Waals surface area contributed by atoms with Crippen LogP contribution in [0.3, 0.4) is 0 Å². The molecule has 2 fully saturated rings. The van der Waals surface area contributed by atoms with Crippen LogP contribution in [0.5, 0.6) is 0 Å². The fraction of sp³-hybridized carbons (Fsp3) is 0.360. The normalized spacial score (nSPS) is 22.9. The Morgan fingerprint density at radius 2 is 1.91 bits per heavy atom. The topological polar surface area (TPSA) is 82.6 Å². The maximum atomic E-state index is 13.2. The van der Waals surface area contributed by atoms with Crippen LogP contribution in [0.4, 0.5) is 4.79 Å². The van der Waals surface area contributed by atoms with Crippen molar-refractivity contribution < 1.29 is 14.4 Å². The van der Waals surface area contributed by atoms with Gasteiger partial charge in [-0.25, -0.2) is 9.78 Å². The van der Waals surface area contributed by atoms with Gasteiger partial charge in [0.05, 0.1) is 16.3 Å². The third kappa shape index (κ3) is 4.11. The van der Waals surface area contributed by atoms with E-state index in [0.29, 0.717) is 19.4 Å². The van der Waals surface area contributed by atoms with Crippen LogP contribution < -0.4 is 5.32 Å². The number of benzene rings is 2. The van der Waals surface area contributed by atoms with Crippen molar-refractivity contribution in [2.24, 2.45) is 0 Å². The molecule has 0 unspecified atom stereocenters. The number of aromatic nitrogens is 1. The second-order valence-electron chi connectivity index (χ2n) is 8.90. The highest BCUT2D eigenvalue weighted by Gasteiger charge is 2.48. The Kier molecular flexibility index (Phi) is 5.62. The van der Waals surface area contributed by atoms with E-state index in [-0.39, 0.29) is 24.4 Å². The van der Waals surface area contributed by atoms with Crippen LogP contribution in [0.25, 0.3) is 10.2 Å². The molecule has 1 N–H and O–H groups in total. The second kappa shape index (κ2) is 8.59. The third-order valence-corrected chi connectivity index (χ3v) is 7.70. The smallest absolute Gasteiger partial charge is 0.325 e. The number of nitrogens with zero attached hydrogens (tertiary/aromatic N) is 3. The van der Waals surface area contributed by atoms with Crippen molar-refractivity contribution in [2.75, 3.05) is 13.1 Å². The van der Waals surface area contributed by atoms with Crippen LogP contribution >= 0.6 is 11.3 Å². The SMILES string of the molecule is C[C@@]1(CCc2ccccc2)NC(=O)N(CC(=O)N2CCC[C@H]2c2nc3ccccc3s2)C1=O. The molecule has 33 heavy (non-hydrogen) atoms. The molecule has 8 heteroatoms. The van der Waals surface area contributed by atoms with Gasteiger partial charge >= 0.3 is 6.03 Å². The average Bonchev–Trinajstić information content (AvgIpc) is 3.52. The molecule has 2 aliphatic heterocycles. The lowest BCUT2D eigenvalue weighted by molar-refractivity contribution is -0.139. The number of hydrogen-bond acceptors (Lipinski definition) is 5. The minimum atomic E-state index is -1.01. The van der Waals surface area contributed by atoms with Crippen molar-refractivity contribution in [3.05, 3.63) is 65.2 Å². The second-order valence-corrected chi connectivity index (χ2v) is 9.97. The van der Waals surface area contributed by atoms with Crippen LogP contribution in [0, 0.1) is 0 Å². The van der Waals surface area contributed by atoms with E-state index in [2.05, 4.69) is 5.32 Å². The van der Waals surface area contributed by atoms with E-state index in [0.717, 1.165) is 38.5 Å². The number of hydrogen-bond donors (Lipinski definition) is 1. The molecule has 0 spiro atoms. The van der Waals surface area contributed by atoms with Crippen molar-refractivity contribution in [2.45, 2.75) is 44.2 Å². The zero-order chi connectivity index (χ0) is 23.0. The molecule has 2 atom stereocenters. The predicted octanol–water partition coefficient (Wildman–Crippen LogP) is 3.90. The number of carbonyl (C=O) groups is 3. The number of rotatable bonds is 6. The molecule has 2 saturated heterocycles. The van der Waals surface area contributed by atoms with E-state index in [4.69, 9.17) is 4.98 Å². The van der Waals surface area contributed by atoms with Gasteiger partial charge in [0, 0.05) is 6.54 Å². The average molecular weight is 463 g/mol. The van der Waals surface area contributed by atoms with Crippen molar-refractivity contribution in [3.8, 4) is 0 Å². The molecule has 4 amide bonds. The van der Waals surface area contributed by atoms with Gasteiger partial charge in [-0.15, -0.1) is 11.3 Å². The first-order chi connectivity index (χ1) is 15.9. The van der Waals surface area contributed by atoms with Gasteiger partial charge in [0.25, 0.3) is 5.91 Å². The van der Waals surface area contributed by atoms with Gasteiger partial charge in [-0.3, -0.25) is 14.5 Å². The highest BCUT2D eigenvalue weighted by molar-refractivity contribution is 7.18. The van der Waals surface area contributed by atoms with Crippen LogP contribution in [-0.2, 0) is 16.0 Å². The van der Waals surface area contributed by atoms with Gasteiger partial charge < -0.3 is 10.2 Å². The summed E-state index contributed by atoms with van der Waals surface area (Å²) in [5.41, 5.74) is 1.02. The molecule has 3 heterocycles. The number of amides is 4. The minimum Gasteiger partial charge on any atom is -0.332 e. The Hall–Kier alpha value is -3.26. The van der Waals surface area contributed by atoms with E-state index >= 15 is 0 Å². The van der Waals surface area contributed by atoms with E-state index in [9.17, 15) is 14.4 Å². The predicted molar refractivity (Wildman–Crippen MR) is 127 cm³/mol. The zero-order valence-corrected chi connectivity index (χ0v) is 19.3. The van der Waals surface area contributed by atoms with E-state index in [1.165, 1.54) is 0 Å². The zero-order valence-electron chi connectivity index (χ0n) is 18.5. The molecule has 0 radical (unpaired) electrons. The lowest BCUT2D eigenvalue weighted by atomic mass is 9.93. The quantitative estimate of drug-likeness (QED) is 0.563. The molecule has 5 rings (SSSR count). The first-order valence-corrected chi connectivity index (χ1v) is 12.1. The fourth-order valence-corrected chi connectivity index (χ4v) is 5.80. The summed E-state index contributed by atoms with van der Waals surface area (Å²) >= 11 is 1.60. The summed E-state index contributed by atoms with van der Waals surface area (Å²) in [5.74, 6) is -0.555. The number of nitrogens with one attached hydrogen (secondary N) is 1. The van der Waals surface area contributed by atoms with Gasteiger partial charge in [0.2, 0.25) is 5.91 Å². The Balaban J connectivity index is 1.27. The monoisotopic (exact) mass is 462 g/mol. The Labute approximate surface area is 196 Å². The number of aryl methyl sites for hydroxylation is 1. The van der Waals surface area contributed by atoms with Gasteiger partial charge in [-0.05, 0) is 50.3 Å². The largest absolute Gasteiger partial charge is 0.332 e. The first-order valence-electron chi connectivity index (χ1n) is 11.3. The van der Waals surface area contributed by atoms with Crippen LogP contribution in [-0.4, -0.2) is 51.3 Å². The minimum absolute atomic E-state index is 0.111. The highest BCUT2D eigenvalue weighted by Crippen LogP contribution is 2.36.